The Morgan fingerprint density at radius 1 is 1.12 bits per heavy atom. The zero-order chi connectivity index (χ0) is 16.1. The van der Waals surface area contributed by atoms with Gasteiger partial charge in [0.25, 0.3) is 0 Å². The Balaban J connectivity index is 1.29. The van der Waals surface area contributed by atoms with E-state index in [1.165, 1.54) is 36.2 Å². The van der Waals surface area contributed by atoms with Gasteiger partial charge in [-0.25, -0.2) is 9.97 Å². The van der Waals surface area contributed by atoms with Crippen LogP contribution in [0, 0.1) is 6.92 Å². The van der Waals surface area contributed by atoms with E-state index in [2.05, 4.69) is 43.8 Å². The van der Waals surface area contributed by atoms with Gasteiger partial charge in [-0.05, 0) is 37.8 Å². The number of rotatable bonds is 4. The van der Waals surface area contributed by atoms with Crippen LogP contribution in [0.3, 0.4) is 0 Å². The molecule has 2 unspecified atom stereocenters. The summed E-state index contributed by atoms with van der Waals surface area (Å²) in [5.41, 5.74) is 3.75. The molecule has 0 spiro atoms. The zero-order valence-corrected chi connectivity index (χ0v) is 14.1. The number of nitrogens with zero attached hydrogens (tertiary/aromatic N) is 5. The summed E-state index contributed by atoms with van der Waals surface area (Å²) in [6.45, 7) is 5.28. The molecule has 3 saturated heterocycles. The lowest BCUT2D eigenvalue weighted by molar-refractivity contribution is -0.00984. The summed E-state index contributed by atoms with van der Waals surface area (Å²) >= 11 is 0. The molecule has 6 rings (SSSR count). The number of hydrogen-bond acceptors (Lipinski definition) is 5. The summed E-state index contributed by atoms with van der Waals surface area (Å²) in [6, 6.07) is 7.65. The van der Waals surface area contributed by atoms with E-state index in [9.17, 15) is 0 Å². The highest BCUT2D eigenvalue weighted by Gasteiger charge is 2.45. The molecule has 0 N–H and O–H groups in total. The highest BCUT2D eigenvalue weighted by atomic mass is 15.4. The molecule has 2 atom stereocenters. The van der Waals surface area contributed by atoms with Gasteiger partial charge in [-0.3, -0.25) is 9.88 Å². The van der Waals surface area contributed by atoms with Crippen molar-refractivity contribution in [1.82, 2.24) is 19.9 Å². The first-order chi connectivity index (χ1) is 11.8. The maximum Gasteiger partial charge on any atom is 0.132 e. The number of anilines is 1. The summed E-state index contributed by atoms with van der Waals surface area (Å²) in [5, 5.41) is 0. The van der Waals surface area contributed by atoms with Crippen LogP contribution in [-0.2, 0) is 6.54 Å². The third kappa shape index (κ3) is 2.47. The molecule has 5 heteroatoms. The van der Waals surface area contributed by atoms with E-state index in [-0.39, 0.29) is 0 Å². The molecule has 2 aromatic rings. The predicted molar refractivity (Wildman–Crippen MR) is 92.9 cm³/mol. The molecule has 5 heterocycles. The van der Waals surface area contributed by atoms with Crippen LogP contribution in [0.2, 0.25) is 0 Å². The van der Waals surface area contributed by atoms with Crippen LogP contribution >= 0.6 is 0 Å². The lowest BCUT2D eigenvalue weighted by atomic mass is 9.87. The smallest absolute Gasteiger partial charge is 0.132 e. The number of aryl methyl sites for hydroxylation is 1. The minimum absolute atomic E-state index is 0.629. The molecule has 2 bridgehead atoms. The van der Waals surface area contributed by atoms with Crippen LogP contribution in [0.4, 0.5) is 5.82 Å². The van der Waals surface area contributed by atoms with Gasteiger partial charge in [-0.15, -0.1) is 0 Å². The fourth-order valence-electron chi connectivity index (χ4n) is 4.13. The molecule has 5 nitrogen and oxygen atoms in total. The lowest BCUT2D eigenvalue weighted by Crippen LogP contribution is -2.68. The van der Waals surface area contributed by atoms with Gasteiger partial charge in [0.1, 0.15) is 12.1 Å². The Labute approximate surface area is 142 Å². The Morgan fingerprint density at radius 2 is 1.96 bits per heavy atom. The van der Waals surface area contributed by atoms with Gasteiger partial charge < -0.3 is 4.90 Å². The first kappa shape index (κ1) is 14.3. The Bertz CT molecular complexity index is 745. The maximum absolute atomic E-state index is 4.57. The number of piperazine rings is 1. The van der Waals surface area contributed by atoms with Crippen molar-refractivity contribution in [3.63, 3.8) is 0 Å². The van der Waals surface area contributed by atoms with Crippen molar-refractivity contribution in [3.05, 3.63) is 47.7 Å². The molecule has 0 amide bonds. The van der Waals surface area contributed by atoms with E-state index < -0.39 is 0 Å². The van der Waals surface area contributed by atoms with Gasteiger partial charge in [-0.1, -0.05) is 6.07 Å². The summed E-state index contributed by atoms with van der Waals surface area (Å²) < 4.78 is 0. The van der Waals surface area contributed by atoms with Crippen LogP contribution in [0.5, 0.6) is 0 Å². The van der Waals surface area contributed by atoms with Gasteiger partial charge in [0, 0.05) is 55.6 Å². The fourth-order valence-corrected chi connectivity index (χ4v) is 4.13. The first-order valence-electron chi connectivity index (χ1n) is 9.01. The Morgan fingerprint density at radius 3 is 2.71 bits per heavy atom. The molecule has 4 fully saturated rings. The molecule has 0 aromatic carbocycles. The number of pyridine rings is 1. The van der Waals surface area contributed by atoms with Crippen molar-refractivity contribution in [3.8, 4) is 0 Å². The number of hydrogen-bond donors (Lipinski definition) is 0. The average Bonchev–Trinajstić information content (AvgIpc) is 3.46. The third-order valence-electron chi connectivity index (χ3n) is 5.79. The third-order valence-corrected chi connectivity index (χ3v) is 5.79. The second-order valence-electron chi connectivity index (χ2n) is 7.46. The summed E-state index contributed by atoms with van der Waals surface area (Å²) in [6.07, 6.45) is 7.55. The van der Waals surface area contributed by atoms with Gasteiger partial charge in [-0.2, -0.15) is 0 Å². The molecule has 3 aliphatic heterocycles. The van der Waals surface area contributed by atoms with Crippen molar-refractivity contribution >= 4 is 5.82 Å². The van der Waals surface area contributed by atoms with Crippen molar-refractivity contribution in [2.45, 2.75) is 50.7 Å². The summed E-state index contributed by atoms with van der Waals surface area (Å²) in [4.78, 5) is 18.6. The lowest BCUT2D eigenvalue weighted by Gasteiger charge is -2.56. The van der Waals surface area contributed by atoms with E-state index in [1.807, 2.05) is 12.3 Å². The number of piperidine rings is 1. The Hall–Kier alpha value is -2.01. The Kier molecular flexibility index (Phi) is 3.30. The molecule has 0 radical (unpaired) electrons. The van der Waals surface area contributed by atoms with E-state index in [0.29, 0.717) is 18.0 Å². The van der Waals surface area contributed by atoms with E-state index >= 15 is 0 Å². The quantitative estimate of drug-likeness (QED) is 0.866. The standard InChI is InChI=1S/C19H23N5/c1-13-3-2-6-20-18(13)11-24-15-7-16(24)10-23(9-15)19-8-17(14-4-5-14)21-12-22-19/h2-3,6,8,12,14-16H,4-5,7,9-11H2,1H3. The van der Waals surface area contributed by atoms with Crippen LogP contribution < -0.4 is 4.90 Å². The monoisotopic (exact) mass is 321 g/mol. The highest BCUT2D eigenvalue weighted by molar-refractivity contribution is 5.43. The molecule has 1 aliphatic carbocycles. The topological polar surface area (TPSA) is 45.2 Å². The predicted octanol–water partition coefficient (Wildman–Crippen LogP) is 2.52. The average molecular weight is 321 g/mol. The molecule has 2 aromatic heterocycles. The normalized spacial score (nSPS) is 26.3. The van der Waals surface area contributed by atoms with E-state index in [4.69, 9.17) is 0 Å². The van der Waals surface area contributed by atoms with Crippen molar-refractivity contribution < 1.29 is 0 Å². The SMILES string of the molecule is Cc1cccnc1CN1C2CC1CN(c1cc(C3CC3)ncn1)C2. The van der Waals surface area contributed by atoms with E-state index in [1.54, 1.807) is 6.33 Å². The highest BCUT2D eigenvalue weighted by Crippen LogP contribution is 2.40. The molecular formula is C19H23N5. The van der Waals surface area contributed by atoms with Gasteiger partial charge in [0.15, 0.2) is 0 Å². The van der Waals surface area contributed by atoms with Crippen LogP contribution in [0.15, 0.2) is 30.7 Å². The minimum atomic E-state index is 0.629. The van der Waals surface area contributed by atoms with Crippen LogP contribution in [0.25, 0.3) is 0 Å². The van der Waals surface area contributed by atoms with Gasteiger partial charge in [0.05, 0.1) is 5.69 Å². The van der Waals surface area contributed by atoms with Crippen molar-refractivity contribution in [2.75, 3.05) is 18.0 Å². The second-order valence-corrected chi connectivity index (χ2v) is 7.46. The largest absolute Gasteiger partial charge is 0.353 e. The second kappa shape index (κ2) is 5.52. The van der Waals surface area contributed by atoms with Gasteiger partial charge >= 0.3 is 0 Å². The number of aromatic nitrogens is 3. The minimum Gasteiger partial charge on any atom is -0.353 e. The fraction of sp³-hybridized carbons (Fsp3) is 0.526. The summed E-state index contributed by atoms with van der Waals surface area (Å²) in [5.74, 6) is 1.81. The maximum atomic E-state index is 4.57. The van der Waals surface area contributed by atoms with Crippen LogP contribution in [-0.4, -0.2) is 45.0 Å². The van der Waals surface area contributed by atoms with Crippen LogP contribution in [0.1, 0.15) is 42.1 Å². The number of fused-ring (bicyclic) bond motifs is 2. The molecule has 124 valence electrons. The van der Waals surface area contributed by atoms with Crippen molar-refractivity contribution in [1.29, 1.82) is 0 Å². The van der Waals surface area contributed by atoms with Gasteiger partial charge in [0.2, 0.25) is 0 Å². The van der Waals surface area contributed by atoms with E-state index in [0.717, 1.165) is 25.5 Å². The first-order valence-corrected chi connectivity index (χ1v) is 9.01. The van der Waals surface area contributed by atoms with Crippen molar-refractivity contribution in [2.24, 2.45) is 0 Å². The molecule has 4 aliphatic rings. The molecule has 1 saturated carbocycles. The summed E-state index contributed by atoms with van der Waals surface area (Å²) in [7, 11) is 0. The molecular weight excluding hydrogens is 298 g/mol. The molecule has 24 heavy (non-hydrogen) atoms. The zero-order valence-electron chi connectivity index (χ0n) is 14.1.